The van der Waals surface area contributed by atoms with Crippen LogP contribution in [0.3, 0.4) is 0 Å². The van der Waals surface area contributed by atoms with E-state index in [0.717, 1.165) is 5.56 Å². The van der Waals surface area contributed by atoms with Gasteiger partial charge in [0.1, 0.15) is 6.54 Å². The van der Waals surface area contributed by atoms with Gasteiger partial charge in [-0.15, -0.1) is 0 Å². The van der Waals surface area contributed by atoms with Crippen LogP contribution in [0.2, 0.25) is 0 Å². The van der Waals surface area contributed by atoms with E-state index in [1.54, 1.807) is 36.5 Å². The Morgan fingerprint density at radius 3 is 2.60 bits per heavy atom. The number of pyridine rings is 1. The van der Waals surface area contributed by atoms with Gasteiger partial charge in [0.05, 0.1) is 11.6 Å². The lowest BCUT2D eigenvalue weighted by molar-refractivity contribution is -0.116. The average molecular weight is 267 g/mol. The maximum atomic E-state index is 11.8. The second-order valence-corrected chi connectivity index (χ2v) is 4.41. The Bertz CT molecular complexity index is 724. The fourth-order valence-electron chi connectivity index (χ4n) is 1.72. The molecule has 0 atom stereocenters. The van der Waals surface area contributed by atoms with Crippen LogP contribution < -0.4 is 10.9 Å². The minimum absolute atomic E-state index is 0.0425. The number of carbonyl (C=O) groups is 1. The highest BCUT2D eigenvalue weighted by Gasteiger charge is 2.05. The molecule has 2 aromatic rings. The summed E-state index contributed by atoms with van der Waals surface area (Å²) in [6.07, 6.45) is 1.59. The Hall–Kier alpha value is -2.87. The van der Waals surface area contributed by atoms with Crippen LogP contribution in [-0.2, 0) is 11.3 Å². The molecule has 20 heavy (non-hydrogen) atoms. The first kappa shape index (κ1) is 13.6. The van der Waals surface area contributed by atoms with Crippen LogP contribution >= 0.6 is 0 Å². The van der Waals surface area contributed by atoms with Gasteiger partial charge >= 0.3 is 0 Å². The second kappa shape index (κ2) is 5.85. The second-order valence-electron chi connectivity index (χ2n) is 4.41. The number of rotatable bonds is 3. The zero-order valence-corrected chi connectivity index (χ0v) is 11.0. The van der Waals surface area contributed by atoms with Crippen molar-refractivity contribution in [1.29, 1.82) is 5.26 Å². The normalized spacial score (nSPS) is 9.80. The zero-order valence-electron chi connectivity index (χ0n) is 11.0. The average Bonchev–Trinajstić information content (AvgIpc) is 2.43. The van der Waals surface area contributed by atoms with Gasteiger partial charge in [-0.2, -0.15) is 5.26 Å². The molecule has 0 saturated heterocycles. The van der Waals surface area contributed by atoms with Crippen LogP contribution in [0.15, 0.2) is 47.4 Å². The van der Waals surface area contributed by atoms with Crippen LogP contribution in [0.1, 0.15) is 11.1 Å². The highest BCUT2D eigenvalue weighted by atomic mass is 16.2. The molecular formula is C15H13N3O2. The van der Waals surface area contributed by atoms with E-state index in [-0.39, 0.29) is 18.0 Å². The number of nitriles is 1. The molecule has 1 aromatic heterocycles. The zero-order chi connectivity index (χ0) is 14.5. The minimum Gasteiger partial charge on any atom is -0.325 e. The van der Waals surface area contributed by atoms with Gasteiger partial charge in [0.2, 0.25) is 5.91 Å². The predicted octanol–water partition coefficient (Wildman–Crippen LogP) is 1.67. The summed E-state index contributed by atoms with van der Waals surface area (Å²) in [6.45, 7) is 1.78. The number of amides is 1. The number of benzene rings is 1. The minimum atomic E-state index is -0.291. The molecular weight excluding hydrogens is 254 g/mol. The number of nitrogens with one attached hydrogen (secondary N) is 1. The quantitative estimate of drug-likeness (QED) is 0.919. The molecule has 0 saturated carbocycles. The lowest BCUT2D eigenvalue weighted by atomic mass is 10.2. The highest BCUT2D eigenvalue weighted by Crippen LogP contribution is 2.08. The number of nitrogens with zero attached hydrogens (tertiary/aromatic N) is 2. The molecule has 0 aliphatic rings. The van der Waals surface area contributed by atoms with Crippen molar-refractivity contribution >= 4 is 11.6 Å². The van der Waals surface area contributed by atoms with E-state index in [4.69, 9.17) is 5.26 Å². The fourth-order valence-corrected chi connectivity index (χ4v) is 1.72. The number of hydrogen-bond acceptors (Lipinski definition) is 3. The summed E-state index contributed by atoms with van der Waals surface area (Å²) >= 11 is 0. The van der Waals surface area contributed by atoms with Crippen LogP contribution in [0.4, 0.5) is 5.69 Å². The first-order valence-corrected chi connectivity index (χ1v) is 6.05. The number of hydrogen-bond donors (Lipinski definition) is 1. The Balaban J connectivity index is 2.05. The molecule has 0 bridgehead atoms. The summed E-state index contributed by atoms with van der Waals surface area (Å²) in [7, 11) is 0. The molecule has 1 amide bonds. The van der Waals surface area contributed by atoms with E-state index in [2.05, 4.69) is 5.32 Å². The summed E-state index contributed by atoms with van der Waals surface area (Å²) in [4.78, 5) is 23.5. The highest BCUT2D eigenvalue weighted by molar-refractivity contribution is 5.90. The molecule has 0 aliphatic heterocycles. The lowest BCUT2D eigenvalue weighted by Crippen LogP contribution is -2.26. The van der Waals surface area contributed by atoms with Crippen molar-refractivity contribution in [2.24, 2.45) is 0 Å². The smallest absolute Gasteiger partial charge is 0.251 e. The SMILES string of the molecule is Cc1ccn(CC(=O)Nc2ccc(C#N)cc2)c(=O)c1. The van der Waals surface area contributed by atoms with E-state index in [9.17, 15) is 9.59 Å². The van der Waals surface area contributed by atoms with Crippen molar-refractivity contribution < 1.29 is 4.79 Å². The largest absolute Gasteiger partial charge is 0.325 e. The van der Waals surface area contributed by atoms with Crippen molar-refractivity contribution in [3.8, 4) is 6.07 Å². The number of anilines is 1. The number of aryl methyl sites for hydroxylation is 1. The van der Waals surface area contributed by atoms with Gasteiger partial charge in [0.25, 0.3) is 5.56 Å². The van der Waals surface area contributed by atoms with Gasteiger partial charge in [-0.1, -0.05) is 0 Å². The molecule has 1 N–H and O–H groups in total. The molecule has 5 heteroatoms. The molecule has 1 aromatic carbocycles. The molecule has 0 aliphatic carbocycles. The topological polar surface area (TPSA) is 74.9 Å². The Labute approximate surface area is 116 Å². The molecule has 2 rings (SSSR count). The van der Waals surface area contributed by atoms with Gasteiger partial charge < -0.3 is 9.88 Å². The Kier molecular flexibility index (Phi) is 3.96. The third kappa shape index (κ3) is 3.33. The summed E-state index contributed by atoms with van der Waals surface area (Å²) in [5, 5.41) is 11.4. The third-order valence-electron chi connectivity index (χ3n) is 2.76. The maximum Gasteiger partial charge on any atom is 0.251 e. The van der Waals surface area contributed by atoms with Crippen LogP contribution in [0.5, 0.6) is 0 Å². The molecule has 100 valence electrons. The van der Waals surface area contributed by atoms with Crippen LogP contribution in [-0.4, -0.2) is 10.5 Å². The molecule has 0 unspecified atom stereocenters. The molecule has 0 spiro atoms. The first-order valence-electron chi connectivity index (χ1n) is 6.05. The van der Waals surface area contributed by atoms with Gasteiger partial charge in [-0.05, 0) is 42.8 Å². The van der Waals surface area contributed by atoms with Crippen molar-refractivity contribution in [1.82, 2.24) is 4.57 Å². The van der Waals surface area contributed by atoms with Gasteiger partial charge in [0, 0.05) is 18.0 Å². The summed E-state index contributed by atoms with van der Waals surface area (Å²) < 4.78 is 1.34. The van der Waals surface area contributed by atoms with E-state index in [1.807, 2.05) is 13.0 Å². The summed E-state index contributed by atoms with van der Waals surface area (Å²) in [5.74, 6) is -0.291. The molecule has 0 radical (unpaired) electrons. The fraction of sp³-hybridized carbons (Fsp3) is 0.133. The van der Waals surface area contributed by atoms with Crippen molar-refractivity contribution in [3.63, 3.8) is 0 Å². The number of carbonyl (C=O) groups excluding carboxylic acids is 1. The van der Waals surface area contributed by atoms with Crippen molar-refractivity contribution in [3.05, 3.63) is 64.1 Å². The van der Waals surface area contributed by atoms with Gasteiger partial charge in [-0.3, -0.25) is 9.59 Å². The molecule has 1 heterocycles. The maximum absolute atomic E-state index is 11.8. The molecule has 0 fully saturated rings. The Morgan fingerprint density at radius 1 is 1.30 bits per heavy atom. The monoisotopic (exact) mass is 267 g/mol. The first-order chi connectivity index (χ1) is 9.58. The van der Waals surface area contributed by atoms with E-state index in [1.165, 1.54) is 10.6 Å². The predicted molar refractivity (Wildman–Crippen MR) is 75.2 cm³/mol. The Morgan fingerprint density at radius 2 is 2.00 bits per heavy atom. The third-order valence-corrected chi connectivity index (χ3v) is 2.76. The van der Waals surface area contributed by atoms with Gasteiger partial charge in [-0.25, -0.2) is 0 Å². The van der Waals surface area contributed by atoms with Crippen LogP contribution in [0, 0.1) is 18.3 Å². The van der Waals surface area contributed by atoms with E-state index >= 15 is 0 Å². The summed E-state index contributed by atoms with van der Waals surface area (Å²) in [5.41, 5.74) is 1.77. The standard InChI is InChI=1S/C15H13N3O2/c1-11-6-7-18(15(20)8-11)10-14(19)17-13-4-2-12(9-16)3-5-13/h2-8H,10H2,1H3,(H,17,19). The van der Waals surface area contributed by atoms with Crippen LogP contribution in [0.25, 0.3) is 0 Å². The van der Waals surface area contributed by atoms with Crippen molar-refractivity contribution in [2.45, 2.75) is 13.5 Å². The molecule has 5 nitrogen and oxygen atoms in total. The lowest BCUT2D eigenvalue weighted by Gasteiger charge is -2.07. The van der Waals surface area contributed by atoms with E-state index < -0.39 is 0 Å². The van der Waals surface area contributed by atoms with Gasteiger partial charge in [0.15, 0.2) is 0 Å². The van der Waals surface area contributed by atoms with E-state index in [0.29, 0.717) is 11.3 Å². The van der Waals surface area contributed by atoms with Crippen molar-refractivity contribution in [2.75, 3.05) is 5.32 Å². The number of aromatic nitrogens is 1. The summed E-state index contributed by atoms with van der Waals surface area (Å²) in [6, 6.07) is 11.8.